The lowest BCUT2D eigenvalue weighted by Gasteiger charge is -2.22. The third-order valence-corrected chi connectivity index (χ3v) is 4.98. The molecule has 2 heterocycles. The molecule has 0 spiro atoms. The van der Waals surface area contributed by atoms with Crippen LogP contribution in [0.15, 0.2) is 5.38 Å². The van der Waals surface area contributed by atoms with E-state index >= 15 is 0 Å². The molecule has 1 fully saturated rings. The van der Waals surface area contributed by atoms with Crippen LogP contribution in [0.3, 0.4) is 0 Å². The second-order valence-corrected chi connectivity index (χ2v) is 7.81. The molecule has 0 aromatic carbocycles. The average molecular weight is 270 g/mol. The smallest absolute Gasteiger partial charge is 0.107 e. The summed E-state index contributed by atoms with van der Waals surface area (Å²) in [6.45, 7) is 7.60. The third kappa shape index (κ3) is 3.97. The van der Waals surface area contributed by atoms with Crippen LogP contribution in [-0.4, -0.2) is 22.5 Å². The van der Waals surface area contributed by atoms with Crippen molar-refractivity contribution >= 4 is 23.1 Å². The lowest BCUT2D eigenvalue weighted by molar-refractivity contribution is 0.480. The molecule has 1 aliphatic heterocycles. The van der Waals surface area contributed by atoms with Crippen LogP contribution in [0.4, 0.5) is 0 Å². The van der Waals surface area contributed by atoms with Gasteiger partial charge in [-0.1, -0.05) is 20.8 Å². The zero-order chi connectivity index (χ0) is 12.3. The zero-order valence-corrected chi connectivity index (χ0v) is 12.6. The summed E-state index contributed by atoms with van der Waals surface area (Å²) in [4.78, 5) is 4.72. The minimum atomic E-state index is 0.177. The molecule has 0 radical (unpaired) electrons. The molecule has 2 nitrogen and oxygen atoms in total. The van der Waals surface area contributed by atoms with E-state index in [4.69, 9.17) is 4.98 Å². The van der Waals surface area contributed by atoms with E-state index in [-0.39, 0.29) is 5.41 Å². The summed E-state index contributed by atoms with van der Waals surface area (Å²) in [6.07, 6.45) is 2.62. The van der Waals surface area contributed by atoms with Gasteiger partial charge in [0.05, 0.1) is 5.69 Å². The second-order valence-electron chi connectivity index (χ2n) is 5.64. The molecule has 1 aromatic rings. The molecular formula is C13H22N2S2. The Kier molecular flexibility index (Phi) is 4.50. The highest BCUT2D eigenvalue weighted by Crippen LogP contribution is 2.24. The first-order chi connectivity index (χ1) is 8.05. The summed E-state index contributed by atoms with van der Waals surface area (Å²) in [6, 6.07) is 0.707. The SMILES string of the molecule is CC(C)(C)c1csc(CNC2CCSCC2)n1. The molecule has 96 valence electrons. The van der Waals surface area contributed by atoms with Crippen LogP contribution in [-0.2, 0) is 12.0 Å². The maximum absolute atomic E-state index is 4.72. The van der Waals surface area contributed by atoms with E-state index in [0.29, 0.717) is 6.04 Å². The van der Waals surface area contributed by atoms with Gasteiger partial charge < -0.3 is 5.32 Å². The third-order valence-electron chi connectivity index (χ3n) is 3.08. The minimum absolute atomic E-state index is 0.177. The molecule has 2 rings (SSSR count). The number of nitrogens with one attached hydrogen (secondary N) is 1. The van der Waals surface area contributed by atoms with Gasteiger partial charge in [-0.2, -0.15) is 11.8 Å². The predicted molar refractivity (Wildman–Crippen MR) is 78.0 cm³/mol. The van der Waals surface area contributed by atoms with Gasteiger partial charge in [-0.15, -0.1) is 11.3 Å². The van der Waals surface area contributed by atoms with Crippen LogP contribution in [0.1, 0.15) is 44.3 Å². The Hall–Kier alpha value is -0.0600. The molecular weight excluding hydrogens is 248 g/mol. The number of hydrogen-bond donors (Lipinski definition) is 1. The van der Waals surface area contributed by atoms with Gasteiger partial charge in [0.15, 0.2) is 0 Å². The van der Waals surface area contributed by atoms with Gasteiger partial charge in [0.1, 0.15) is 5.01 Å². The molecule has 4 heteroatoms. The first kappa shape index (κ1) is 13.4. The molecule has 0 bridgehead atoms. The number of nitrogens with zero attached hydrogens (tertiary/aromatic N) is 1. The zero-order valence-electron chi connectivity index (χ0n) is 11.0. The van der Waals surface area contributed by atoms with Crippen molar-refractivity contribution in [3.63, 3.8) is 0 Å². The summed E-state index contributed by atoms with van der Waals surface area (Å²) in [5.41, 5.74) is 1.40. The average Bonchev–Trinajstić information content (AvgIpc) is 2.76. The van der Waals surface area contributed by atoms with E-state index in [9.17, 15) is 0 Å². The van der Waals surface area contributed by atoms with Crippen molar-refractivity contribution in [2.45, 2.75) is 51.6 Å². The Balaban J connectivity index is 1.84. The second kappa shape index (κ2) is 5.72. The van der Waals surface area contributed by atoms with E-state index < -0.39 is 0 Å². The van der Waals surface area contributed by atoms with E-state index in [2.05, 4.69) is 43.2 Å². The quantitative estimate of drug-likeness (QED) is 0.911. The van der Waals surface area contributed by atoms with E-state index in [1.54, 1.807) is 11.3 Å². The van der Waals surface area contributed by atoms with Crippen molar-refractivity contribution in [2.75, 3.05) is 11.5 Å². The monoisotopic (exact) mass is 270 g/mol. The first-order valence-electron chi connectivity index (χ1n) is 6.32. The molecule has 0 aliphatic carbocycles. The van der Waals surface area contributed by atoms with Gasteiger partial charge in [0.25, 0.3) is 0 Å². The topological polar surface area (TPSA) is 24.9 Å². The van der Waals surface area contributed by atoms with Gasteiger partial charge in [-0.05, 0) is 24.3 Å². The van der Waals surface area contributed by atoms with Crippen molar-refractivity contribution < 1.29 is 0 Å². The lowest BCUT2D eigenvalue weighted by atomic mass is 9.93. The number of rotatable bonds is 3. The molecule has 1 N–H and O–H groups in total. The fraction of sp³-hybridized carbons (Fsp3) is 0.769. The van der Waals surface area contributed by atoms with Gasteiger partial charge >= 0.3 is 0 Å². The van der Waals surface area contributed by atoms with Gasteiger partial charge in [0, 0.05) is 23.4 Å². The molecule has 0 atom stereocenters. The molecule has 1 aliphatic rings. The predicted octanol–water partition coefficient (Wildman–Crippen LogP) is 3.43. The Bertz CT molecular complexity index is 349. The molecule has 0 unspecified atom stereocenters. The van der Waals surface area contributed by atoms with E-state index in [0.717, 1.165) is 6.54 Å². The number of thioether (sulfide) groups is 1. The number of thiazole rings is 1. The molecule has 17 heavy (non-hydrogen) atoms. The van der Waals surface area contributed by atoms with Crippen LogP contribution in [0.2, 0.25) is 0 Å². The van der Waals surface area contributed by atoms with Gasteiger partial charge in [-0.25, -0.2) is 4.98 Å². The van der Waals surface area contributed by atoms with Gasteiger partial charge in [0.2, 0.25) is 0 Å². The largest absolute Gasteiger partial charge is 0.308 e. The minimum Gasteiger partial charge on any atom is -0.308 e. The van der Waals surface area contributed by atoms with Crippen molar-refractivity contribution in [1.29, 1.82) is 0 Å². The van der Waals surface area contributed by atoms with Crippen LogP contribution >= 0.6 is 23.1 Å². The van der Waals surface area contributed by atoms with Crippen molar-refractivity contribution in [3.8, 4) is 0 Å². The lowest BCUT2D eigenvalue weighted by Crippen LogP contribution is -2.32. The Labute approximate surface area is 113 Å². The fourth-order valence-corrected chi connectivity index (χ4v) is 3.95. The normalized spacial score (nSPS) is 18.5. The van der Waals surface area contributed by atoms with E-state index in [1.807, 2.05) is 0 Å². The Morgan fingerprint density at radius 2 is 2.06 bits per heavy atom. The highest BCUT2D eigenvalue weighted by molar-refractivity contribution is 7.99. The fourth-order valence-electron chi connectivity index (χ4n) is 1.87. The molecule has 1 aromatic heterocycles. The standard InChI is InChI=1S/C13H22N2S2/c1-13(2,3)11-9-17-12(15-11)8-14-10-4-6-16-7-5-10/h9-10,14H,4-8H2,1-3H3. The summed E-state index contributed by atoms with van der Waals surface area (Å²) in [5, 5.41) is 7.07. The summed E-state index contributed by atoms with van der Waals surface area (Å²) >= 11 is 3.86. The van der Waals surface area contributed by atoms with E-state index in [1.165, 1.54) is 35.0 Å². The summed E-state index contributed by atoms with van der Waals surface area (Å²) in [7, 11) is 0. The van der Waals surface area contributed by atoms with Crippen LogP contribution in [0, 0.1) is 0 Å². The summed E-state index contributed by atoms with van der Waals surface area (Å²) in [5.74, 6) is 2.62. The van der Waals surface area contributed by atoms with Crippen LogP contribution < -0.4 is 5.32 Å². The molecule has 0 amide bonds. The number of aromatic nitrogens is 1. The van der Waals surface area contributed by atoms with Gasteiger partial charge in [-0.3, -0.25) is 0 Å². The Morgan fingerprint density at radius 1 is 1.35 bits per heavy atom. The number of hydrogen-bond acceptors (Lipinski definition) is 4. The highest BCUT2D eigenvalue weighted by atomic mass is 32.2. The first-order valence-corrected chi connectivity index (χ1v) is 8.35. The van der Waals surface area contributed by atoms with Crippen molar-refractivity contribution in [2.24, 2.45) is 0 Å². The van der Waals surface area contributed by atoms with Crippen LogP contribution in [0.25, 0.3) is 0 Å². The maximum atomic E-state index is 4.72. The molecule has 1 saturated heterocycles. The van der Waals surface area contributed by atoms with Crippen molar-refractivity contribution in [3.05, 3.63) is 16.1 Å². The van der Waals surface area contributed by atoms with Crippen molar-refractivity contribution in [1.82, 2.24) is 10.3 Å². The Morgan fingerprint density at radius 3 is 2.65 bits per heavy atom. The highest BCUT2D eigenvalue weighted by Gasteiger charge is 2.18. The summed E-state index contributed by atoms with van der Waals surface area (Å²) < 4.78 is 0. The maximum Gasteiger partial charge on any atom is 0.107 e. The van der Waals surface area contributed by atoms with Crippen LogP contribution in [0.5, 0.6) is 0 Å². The molecule has 0 saturated carbocycles.